The van der Waals surface area contributed by atoms with Crippen molar-refractivity contribution in [2.75, 3.05) is 18.2 Å². The lowest BCUT2D eigenvalue weighted by molar-refractivity contribution is 0.0988. The van der Waals surface area contributed by atoms with Gasteiger partial charge in [-0.25, -0.2) is 4.39 Å². The van der Waals surface area contributed by atoms with E-state index in [4.69, 9.17) is 0 Å². The fourth-order valence-corrected chi connectivity index (χ4v) is 3.22. The summed E-state index contributed by atoms with van der Waals surface area (Å²) in [7, 11) is 3.02. The average molecular weight is 372 g/mol. The van der Waals surface area contributed by atoms with E-state index >= 15 is 0 Å². The van der Waals surface area contributed by atoms with Gasteiger partial charge >= 0.3 is 0 Å². The Morgan fingerprint density at radius 3 is 2.46 bits per heavy atom. The quantitative estimate of drug-likeness (QED) is 0.716. The molecular formula is C19H17FN2O3S. The van der Waals surface area contributed by atoms with Gasteiger partial charge in [-0.1, -0.05) is 0 Å². The van der Waals surface area contributed by atoms with Gasteiger partial charge in [0.1, 0.15) is 17.1 Å². The molecule has 1 heterocycles. The third-order valence-corrected chi connectivity index (χ3v) is 5.03. The highest BCUT2D eigenvalue weighted by Gasteiger charge is 2.24. The molecule has 0 saturated heterocycles. The Morgan fingerprint density at radius 1 is 1.19 bits per heavy atom. The van der Waals surface area contributed by atoms with Gasteiger partial charge in [-0.3, -0.25) is 9.59 Å². The minimum atomic E-state index is -0.661. The topological polar surface area (TPSA) is 62.5 Å². The largest absolute Gasteiger partial charge is 0.506 e. The Hall–Kier alpha value is -2.80. The zero-order chi connectivity index (χ0) is 19.0. The predicted octanol–water partition coefficient (Wildman–Crippen LogP) is 3.38. The number of amides is 1. The first-order valence-electron chi connectivity index (χ1n) is 7.78. The number of hydrogen-bond donors (Lipinski definition) is 1. The van der Waals surface area contributed by atoms with Crippen LogP contribution in [0.2, 0.25) is 0 Å². The molecule has 3 rings (SSSR count). The second-order valence-corrected chi connectivity index (χ2v) is 6.69. The normalized spacial score (nSPS) is 10.9. The molecule has 0 radical (unpaired) electrons. The van der Waals surface area contributed by atoms with E-state index in [1.54, 1.807) is 19.2 Å². The van der Waals surface area contributed by atoms with E-state index in [-0.39, 0.29) is 11.3 Å². The van der Waals surface area contributed by atoms with Crippen molar-refractivity contribution in [3.8, 4) is 5.75 Å². The van der Waals surface area contributed by atoms with Gasteiger partial charge in [-0.2, -0.15) is 0 Å². The Bertz CT molecular complexity index is 1060. The molecule has 0 spiro atoms. The minimum absolute atomic E-state index is 0.315. The maximum absolute atomic E-state index is 13.1. The van der Waals surface area contributed by atoms with Crippen molar-refractivity contribution in [1.29, 1.82) is 0 Å². The smallest absolute Gasteiger partial charge is 0.267 e. The number of aromatic hydroxyl groups is 1. The molecule has 2 aromatic carbocycles. The summed E-state index contributed by atoms with van der Waals surface area (Å²) in [6.45, 7) is 0. The number of hydrogen-bond acceptors (Lipinski definition) is 4. The van der Waals surface area contributed by atoms with Crippen LogP contribution in [0.25, 0.3) is 10.9 Å². The van der Waals surface area contributed by atoms with Crippen LogP contribution >= 0.6 is 11.8 Å². The van der Waals surface area contributed by atoms with Crippen molar-refractivity contribution in [2.45, 2.75) is 4.90 Å². The zero-order valence-corrected chi connectivity index (χ0v) is 15.3. The van der Waals surface area contributed by atoms with Gasteiger partial charge in [0.2, 0.25) is 0 Å². The number of fused-ring (bicyclic) bond motifs is 1. The number of aryl methyl sites for hydroxylation is 1. The number of halogens is 1. The van der Waals surface area contributed by atoms with Crippen molar-refractivity contribution in [3.63, 3.8) is 0 Å². The number of rotatable bonds is 3. The number of thioether (sulfide) groups is 1. The molecule has 0 saturated carbocycles. The van der Waals surface area contributed by atoms with Crippen LogP contribution in [-0.4, -0.2) is 28.9 Å². The maximum atomic E-state index is 13.1. The minimum Gasteiger partial charge on any atom is -0.506 e. The van der Waals surface area contributed by atoms with Gasteiger partial charge in [-0.15, -0.1) is 11.8 Å². The fourth-order valence-electron chi connectivity index (χ4n) is 2.78. The molecule has 0 aliphatic rings. The number of anilines is 1. The van der Waals surface area contributed by atoms with Gasteiger partial charge in [-0.05, 0) is 48.7 Å². The lowest BCUT2D eigenvalue weighted by Gasteiger charge is -2.19. The second kappa shape index (κ2) is 6.84. The van der Waals surface area contributed by atoms with E-state index in [1.165, 1.54) is 52.5 Å². The first-order valence-corrected chi connectivity index (χ1v) is 9.01. The highest BCUT2D eigenvalue weighted by Crippen LogP contribution is 2.30. The Balaban J connectivity index is 2.18. The molecule has 1 aromatic heterocycles. The SMILES string of the molecule is CSc1ccc2c(c1)c(O)c(C(=O)N(C)c1ccc(F)cc1)c(=O)n2C. The molecule has 1 amide bonds. The van der Waals surface area contributed by atoms with Crippen molar-refractivity contribution in [3.05, 3.63) is 64.2 Å². The Labute approximate surface area is 153 Å². The summed E-state index contributed by atoms with van der Waals surface area (Å²) in [5.41, 5.74) is 0.0399. The van der Waals surface area contributed by atoms with Gasteiger partial charge in [0.15, 0.2) is 0 Å². The number of benzene rings is 2. The standard InChI is InChI=1S/C19H17FN2O3S/c1-21(12-6-4-11(20)5-7-12)18(24)16-17(23)14-10-13(26-3)8-9-15(14)22(2)19(16)25/h4-10,23H,1-3H3. The van der Waals surface area contributed by atoms with Crippen LogP contribution < -0.4 is 10.5 Å². The third-order valence-electron chi connectivity index (χ3n) is 4.31. The number of nitrogens with zero attached hydrogens (tertiary/aromatic N) is 2. The Morgan fingerprint density at radius 2 is 1.85 bits per heavy atom. The van der Waals surface area contributed by atoms with Crippen LogP contribution in [0, 0.1) is 5.82 Å². The molecular weight excluding hydrogens is 355 g/mol. The highest BCUT2D eigenvalue weighted by molar-refractivity contribution is 7.98. The van der Waals surface area contributed by atoms with Gasteiger partial charge in [0, 0.05) is 30.1 Å². The van der Waals surface area contributed by atoms with Gasteiger partial charge in [0.25, 0.3) is 11.5 Å². The molecule has 0 atom stereocenters. The van der Waals surface area contributed by atoms with E-state index in [9.17, 15) is 19.1 Å². The van der Waals surface area contributed by atoms with Crippen LogP contribution in [0.15, 0.2) is 52.2 Å². The highest BCUT2D eigenvalue weighted by atomic mass is 32.2. The Kier molecular flexibility index (Phi) is 4.73. The maximum Gasteiger partial charge on any atom is 0.267 e. The molecule has 0 fully saturated rings. The summed E-state index contributed by atoms with van der Waals surface area (Å²) in [6.07, 6.45) is 1.90. The molecule has 7 heteroatoms. The molecule has 134 valence electrons. The van der Waals surface area contributed by atoms with Crippen LogP contribution in [-0.2, 0) is 7.05 Å². The van der Waals surface area contributed by atoms with E-state index in [0.29, 0.717) is 16.6 Å². The monoisotopic (exact) mass is 372 g/mol. The van der Waals surface area contributed by atoms with Gasteiger partial charge in [0.05, 0.1) is 5.52 Å². The third kappa shape index (κ3) is 2.94. The molecule has 0 unspecified atom stereocenters. The van der Waals surface area contributed by atoms with Crippen molar-refractivity contribution >= 4 is 34.3 Å². The predicted molar refractivity (Wildman–Crippen MR) is 102 cm³/mol. The fraction of sp³-hybridized carbons (Fsp3) is 0.158. The van der Waals surface area contributed by atoms with E-state index in [2.05, 4.69) is 0 Å². The number of pyridine rings is 1. The van der Waals surface area contributed by atoms with Crippen molar-refractivity contribution in [2.24, 2.45) is 7.05 Å². The lowest BCUT2D eigenvalue weighted by atomic mass is 10.1. The zero-order valence-electron chi connectivity index (χ0n) is 14.5. The van der Waals surface area contributed by atoms with Crippen LogP contribution in [0.3, 0.4) is 0 Å². The number of carbonyl (C=O) groups is 1. The summed E-state index contributed by atoms with van der Waals surface area (Å²) >= 11 is 1.49. The molecule has 5 nitrogen and oxygen atoms in total. The van der Waals surface area contributed by atoms with Crippen LogP contribution in [0.5, 0.6) is 5.75 Å². The van der Waals surface area contributed by atoms with E-state index < -0.39 is 17.3 Å². The van der Waals surface area contributed by atoms with Crippen LogP contribution in [0.1, 0.15) is 10.4 Å². The number of aromatic nitrogens is 1. The summed E-state index contributed by atoms with van der Waals surface area (Å²) in [6, 6.07) is 10.6. The first-order chi connectivity index (χ1) is 12.3. The molecule has 0 aliphatic carbocycles. The van der Waals surface area contributed by atoms with E-state index in [1.807, 2.05) is 12.3 Å². The summed E-state index contributed by atoms with van der Waals surface area (Å²) in [5, 5.41) is 11.1. The summed E-state index contributed by atoms with van der Waals surface area (Å²) < 4.78 is 14.4. The number of carbonyl (C=O) groups excluding carboxylic acids is 1. The summed E-state index contributed by atoms with van der Waals surface area (Å²) in [5.74, 6) is -1.44. The first kappa shape index (κ1) is 18.0. The van der Waals surface area contributed by atoms with Crippen molar-refractivity contribution < 1.29 is 14.3 Å². The lowest BCUT2D eigenvalue weighted by Crippen LogP contribution is -2.34. The molecule has 0 bridgehead atoms. The van der Waals surface area contributed by atoms with Crippen LogP contribution in [0.4, 0.5) is 10.1 Å². The average Bonchev–Trinajstić information content (AvgIpc) is 2.65. The molecule has 0 aliphatic heterocycles. The molecule has 1 N–H and O–H groups in total. The van der Waals surface area contributed by atoms with Gasteiger partial charge < -0.3 is 14.6 Å². The molecule has 26 heavy (non-hydrogen) atoms. The van der Waals surface area contributed by atoms with Crippen molar-refractivity contribution in [1.82, 2.24) is 4.57 Å². The molecule has 3 aromatic rings. The van der Waals surface area contributed by atoms with E-state index in [0.717, 1.165) is 4.90 Å². The summed E-state index contributed by atoms with van der Waals surface area (Å²) in [4.78, 5) is 27.7. The second-order valence-electron chi connectivity index (χ2n) is 5.81.